The maximum Gasteiger partial charge on any atom is 0.322 e. The molecule has 2 aromatic heterocycles. The van der Waals surface area contributed by atoms with E-state index in [1.54, 1.807) is 27.8 Å². The van der Waals surface area contributed by atoms with Crippen molar-refractivity contribution >= 4 is 40.3 Å². The number of benzene rings is 1. The maximum absolute atomic E-state index is 13.6. The summed E-state index contributed by atoms with van der Waals surface area (Å²) in [6.07, 6.45) is 2.24. The quantitative estimate of drug-likeness (QED) is 0.385. The Balaban J connectivity index is 1.41. The van der Waals surface area contributed by atoms with Crippen molar-refractivity contribution < 1.29 is 23.1 Å². The number of nitrogens with one attached hydrogen (secondary N) is 2. The highest BCUT2D eigenvalue weighted by atomic mass is 32.1. The number of hydrogen-bond acceptors (Lipinski definition) is 7. The lowest BCUT2D eigenvalue weighted by atomic mass is 10.2. The molecule has 1 aliphatic heterocycles. The topological polar surface area (TPSA) is 113 Å². The van der Waals surface area contributed by atoms with Gasteiger partial charge in [-0.25, -0.2) is 13.6 Å². The highest BCUT2D eigenvalue weighted by molar-refractivity contribution is 7.09. The van der Waals surface area contributed by atoms with Gasteiger partial charge in [0.25, 0.3) is 5.91 Å². The van der Waals surface area contributed by atoms with Gasteiger partial charge >= 0.3 is 6.03 Å². The van der Waals surface area contributed by atoms with Crippen molar-refractivity contribution in [3.63, 3.8) is 0 Å². The number of amides is 3. The molecule has 0 saturated carbocycles. The maximum atomic E-state index is 13.6. The van der Waals surface area contributed by atoms with E-state index in [2.05, 4.69) is 20.5 Å². The lowest BCUT2D eigenvalue weighted by Crippen LogP contribution is -2.40. The smallest absolute Gasteiger partial charge is 0.322 e. The van der Waals surface area contributed by atoms with Crippen LogP contribution in [-0.4, -0.2) is 66.1 Å². The van der Waals surface area contributed by atoms with Crippen molar-refractivity contribution in [3.05, 3.63) is 70.2 Å². The van der Waals surface area contributed by atoms with Crippen LogP contribution < -0.4 is 16.4 Å². The van der Waals surface area contributed by atoms with E-state index >= 15 is 0 Å². The van der Waals surface area contributed by atoms with E-state index in [1.165, 1.54) is 23.6 Å². The summed E-state index contributed by atoms with van der Waals surface area (Å²) in [7, 11) is 0. The van der Waals surface area contributed by atoms with Gasteiger partial charge in [-0.05, 0) is 30.2 Å². The molecular weight excluding hydrogens is 502 g/mol. The molecule has 1 fully saturated rings. The molecule has 0 spiro atoms. The minimum atomic E-state index is -1.04. The standard InChI is InChI=1S/C25H28F2N6O3S/c26-19-4-3-18(12-20(19)27)30-25(35)33(7-1-6-32-8-10-36-11-9-32)14-17-2-5-22(29-13-17)24(34)31-23-16-37-15-21(23)28/h2-5,12-13,15-16H,1,6-11,14,28H2,(H,30,35)(H,31,34). The molecule has 0 bridgehead atoms. The largest absolute Gasteiger partial charge is 0.396 e. The Labute approximate surface area is 217 Å². The van der Waals surface area contributed by atoms with E-state index in [4.69, 9.17) is 10.5 Å². The summed E-state index contributed by atoms with van der Waals surface area (Å²) < 4.78 is 32.3. The van der Waals surface area contributed by atoms with Crippen molar-refractivity contribution in [1.82, 2.24) is 14.8 Å². The van der Waals surface area contributed by atoms with Crippen LogP contribution in [0.5, 0.6) is 0 Å². The lowest BCUT2D eigenvalue weighted by Gasteiger charge is -2.28. The van der Waals surface area contributed by atoms with E-state index in [9.17, 15) is 18.4 Å². The second-order valence-corrected chi connectivity index (χ2v) is 9.28. The Morgan fingerprint density at radius 1 is 1.11 bits per heavy atom. The number of anilines is 3. The normalized spacial score (nSPS) is 13.8. The number of ether oxygens (including phenoxy) is 1. The number of hydrogen-bond donors (Lipinski definition) is 3. The molecule has 37 heavy (non-hydrogen) atoms. The van der Waals surface area contributed by atoms with Crippen molar-refractivity contribution in [1.29, 1.82) is 0 Å². The number of morpholine rings is 1. The predicted molar refractivity (Wildman–Crippen MR) is 139 cm³/mol. The first-order valence-corrected chi connectivity index (χ1v) is 12.7. The molecule has 4 N–H and O–H groups in total. The molecule has 1 saturated heterocycles. The first-order valence-electron chi connectivity index (χ1n) is 11.8. The molecule has 196 valence electrons. The van der Waals surface area contributed by atoms with Crippen molar-refractivity contribution in [2.24, 2.45) is 0 Å². The molecule has 3 amide bonds. The van der Waals surface area contributed by atoms with Gasteiger partial charge in [-0.3, -0.25) is 14.7 Å². The minimum absolute atomic E-state index is 0.153. The van der Waals surface area contributed by atoms with Gasteiger partial charge in [-0.2, -0.15) is 0 Å². The van der Waals surface area contributed by atoms with Crippen LogP contribution in [0.3, 0.4) is 0 Å². The van der Waals surface area contributed by atoms with Gasteiger partial charge in [0.15, 0.2) is 11.6 Å². The van der Waals surface area contributed by atoms with Crippen LogP contribution in [0.4, 0.5) is 30.6 Å². The molecule has 12 heteroatoms. The summed E-state index contributed by atoms with van der Waals surface area (Å²) in [5.41, 5.74) is 7.89. The Morgan fingerprint density at radius 3 is 2.59 bits per heavy atom. The predicted octanol–water partition coefficient (Wildman–Crippen LogP) is 4.01. The van der Waals surface area contributed by atoms with Crippen molar-refractivity contribution in [2.75, 3.05) is 55.8 Å². The number of nitrogens with two attached hydrogens (primary N) is 1. The zero-order valence-electron chi connectivity index (χ0n) is 20.1. The van der Waals surface area contributed by atoms with Gasteiger partial charge in [-0.1, -0.05) is 6.07 Å². The van der Waals surface area contributed by atoms with Crippen LogP contribution in [0.1, 0.15) is 22.5 Å². The highest BCUT2D eigenvalue weighted by Gasteiger charge is 2.18. The molecule has 4 rings (SSSR count). The third-order valence-corrected chi connectivity index (χ3v) is 6.60. The first kappa shape index (κ1) is 26.5. The number of pyridine rings is 1. The SMILES string of the molecule is Nc1cscc1NC(=O)c1ccc(CN(CCCN2CCOCC2)C(=O)Nc2ccc(F)c(F)c2)cn1. The molecule has 3 heterocycles. The molecule has 3 aromatic rings. The minimum Gasteiger partial charge on any atom is -0.396 e. The Morgan fingerprint density at radius 2 is 1.92 bits per heavy atom. The van der Waals surface area contributed by atoms with E-state index in [-0.39, 0.29) is 17.9 Å². The second-order valence-electron chi connectivity index (χ2n) is 8.53. The second kappa shape index (κ2) is 12.6. The molecular formula is C25H28F2N6O3S. The molecule has 0 atom stereocenters. The van der Waals surface area contributed by atoms with E-state index in [1.807, 2.05) is 0 Å². The molecule has 1 aliphatic rings. The van der Waals surface area contributed by atoms with Gasteiger partial charge in [-0.15, -0.1) is 11.3 Å². The van der Waals surface area contributed by atoms with Gasteiger partial charge in [0.05, 0.1) is 24.6 Å². The average molecular weight is 531 g/mol. The van der Waals surface area contributed by atoms with Crippen LogP contribution in [0, 0.1) is 11.6 Å². The molecule has 9 nitrogen and oxygen atoms in total. The summed E-state index contributed by atoms with van der Waals surface area (Å²) in [6.45, 7) is 4.48. The summed E-state index contributed by atoms with van der Waals surface area (Å²) in [6, 6.07) is 6.05. The van der Waals surface area contributed by atoms with Crippen LogP contribution >= 0.6 is 11.3 Å². The molecule has 0 aliphatic carbocycles. The number of nitrogen functional groups attached to an aromatic ring is 1. The van der Waals surface area contributed by atoms with Crippen molar-refractivity contribution in [3.8, 4) is 0 Å². The first-order chi connectivity index (χ1) is 17.9. The zero-order chi connectivity index (χ0) is 26.2. The summed E-state index contributed by atoms with van der Waals surface area (Å²) in [5.74, 6) is -2.42. The van der Waals surface area contributed by atoms with Crippen LogP contribution in [-0.2, 0) is 11.3 Å². The number of rotatable bonds is 9. The van der Waals surface area contributed by atoms with E-state index in [0.717, 1.165) is 31.8 Å². The molecule has 1 aromatic carbocycles. The summed E-state index contributed by atoms with van der Waals surface area (Å²) in [4.78, 5) is 33.6. The zero-order valence-corrected chi connectivity index (χ0v) is 20.9. The number of carbonyl (C=O) groups excluding carboxylic acids is 2. The van der Waals surface area contributed by atoms with Crippen molar-refractivity contribution in [2.45, 2.75) is 13.0 Å². The van der Waals surface area contributed by atoms with E-state index < -0.39 is 23.6 Å². The highest BCUT2D eigenvalue weighted by Crippen LogP contribution is 2.23. The molecule has 0 radical (unpaired) electrons. The third kappa shape index (κ3) is 7.44. The van der Waals surface area contributed by atoms with Crippen LogP contribution in [0.25, 0.3) is 0 Å². The Kier molecular flexibility index (Phi) is 8.99. The summed E-state index contributed by atoms with van der Waals surface area (Å²) in [5, 5.41) is 8.81. The monoisotopic (exact) mass is 530 g/mol. The van der Waals surface area contributed by atoms with Gasteiger partial charge in [0.2, 0.25) is 0 Å². The third-order valence-electron chi connectivity index (χ3n) is 5.84. The van der Waals surface area contributed by atoms with Gasteiger partial charge < -0.3 is 26.0 Å². The number of urea groups is 1. The number of halogens is 2. The number of carbonyl (C=O) groups is 2. The lowest BCUT2D eigenvalue weighted by molar-refractivity contribution is 0.0365. The fourth-order valence-electron chi connectivity index (χ4n) is 3.81. The fourth-order valence-corrected chi connectivity index (χ4v) is 4.48. The Bertz CT molecular complexity index is 1220. The van der Waals surface area contributed by atoms with Crippen LogP contribution in [0.15, 0.2) is 47.3 Å². The summed E-state index contributed by atoms with van der Waals surface area (Å²) >= 11 is 1.38. The van der Waals surface area contributed by atoms with Gasteiger partial charge in [0.1, 0.15) is 5.69 Å². The fraction of sp³-hybridized carbons (Fsp3) is 0.320. The van der Waals surface area contributed by atoms with Gasteiger partial charge in [0, 0.05) is 61.4 Å². The van der Waals surface area contributed by atoms with Crippen LogP contribution in [0.2, 0.25) is 0 Å². The number of aromatic nitrogens is 1. The Hall–Kier alpha value is -3.61. The number of thiophene rings is 1. The molecule has 0 unspecified atom stereocenters. The van der Waals surface area contributed by atoms with E-state index in [0.29, 0.717) is 43.1 Å². The number of nitrogens with zero attached hydrogens (tertiary/aromatic N) is 3. The average Bonchev–Trinajstić information content (AvgIpc) is 3.30.